The fourth-order valence-electron chi connectivity index (χ4n) is 0.884. The average molecular weight is 225 g/mol. The maximum absolute atomic E-state index is 11.5. The molecule has 0 saturated carbocycles. The molecule has 5 heteroatoms. The third-order valence-corrected chi connectivity index (χ3v) is 2.67. The molecule has 1 aromatic heterocycles. The quantitative estimate of drug-likeness (QED) is 0.626. The molecular weight excluding hydrogens is 214 g/mol. The van der Waals surface area contributed by atoms with E-state index < -0.39 is 5.97 Å². The van der Waals surface area contributed by atoms with Crippen LogP contribution in [0, 0.1) is 0 Å². The van der Waals surface area contributed by atoms with E-state index in [2.05, 4.69) is 0 Å². The zero-order chi connectivity index (χ0) is 11.4. The molecule has 1 heterocycles. The van der Waals surface area contributed by atoms with Crippen molar-refractivity contribution in [1.82, 2.24) is 4.90 Å². The lowest BCUT2D eigenvalue weighted by molar-refractivity contribution is 0.0702. The maximum Gasteiger partial charge on any atom is 0.345 e. The summed E-state index contributed by atoms with van der Waals surface area (Å²) in [6, 6.07) is 2.96. The summed E-state index contributed by atoms with van der Waals surface area (Å²) in [4.78, 5) is 24.4. The molecule has 80 valence electrons. The largest absolute Gasteiger partial charge is 0.477 e. The summed E-state index contributed by atoms with van der Waals surface area (Å²) < 4.78 is 0. The molecule has 0 spiro atoms. The number of aromatic carboxylic acids is 1. The van der Waals surface area contributed by atoms with Gasteiger partial charge in [-0.1, -0.05) is 0 Å². The van der Waals surface area contributed by atoms with Crippen LogP contribution in [0.4, 0.5) is 0 Å². The highest BCUT2D eigenvalue weighted by Gasteiger charge is 2.10. The molecule has 0 aliphatic carbocycles. The van der Waals surface area contributed by atoms with Crippen molar-refractivity contribution in [1.29, 1.82) is 0 Å². The standard InChI is InChI=1S/C10H11NO3S/c1-11(2)6-5-7(12)8-3-4-9(15-8)10(13)14/h3-6H,1-2H3,(H,13,14). The summed E-state index contributed by atoms with van der Waals surface area (Å²) >= 11 is 0.982. The van der Waals surface area contributed by atoms with Gasteiger partial charge in [-0.2, -0.15) is 0 Å². The fraction of sp³-hybridized carbons (Fsp3) is 0.200. The Morgan fingerprint density at radius 3 is 2.40 bits per heavy atom. The summed E-state index contributed by atoms with van der Waals surface area (Å²) in [5.74, 6) is -1.18. The first-order valence-corrected chi connectivity index (χ1v) is 5.04. The van der Waals surface area contributed by atoms with Gasteiger partial charge in [-0.15, -0.1) is 11.3 Å². The number of carbonyl (C=O) groups is 2. The molecule has 0 aliphatic rings. The first-order valence-electron chi connectivity index (χ1n) is 4.23. The number of nitrogens with zero attached hydrogens (tertiary/aromatic N) is 1. The zero-order valence-electron chi connectivity index (χ0n) is 8.43. The van der Waals surface area contributed by atoms with E-state index in [9.17, 15) is 9.59 Å². The maximum atomic E-state index is 11.5. The molecule has 1 rings (SSSR count). The van der Waals surface area contributed by atoms with Gasteiger partial charge in [0.05, 0.1) is 4.88 Å². The third-order valence-electron chi connectivity index (χ3n) is 1.58. The van der Waals surface area contributed by atoms with E-state index in [4.69, 9.17) is 5.11 Å². The van der Waals surface area contributed by atoms with Crippen LogP contribution >= 0.6 is 11.3 Å². The van der Waals surface area contributed by atoms with Gasteiger partial charge in [0.1, 0.15) is 4.88 Å². The smallest absolute Gasteiger partial charge is 0.345 e. The van der Waals surface area contributed by atoms with E-state index in [0.717, 1.165) is 11.3 Å². The Hall–Kier alpha value is -1.62. The van der Waals surface area contributed by atoms with Crippen molar-refractivity contribution in [3.8, 4) is 0 Å². The monoisotopic (exact) mass is 225 g/mol. The zero-order valence-corrected chi connectivity index (χ0v) is 9.25. The molecule has 0 amide bonds. The molecule has 15 heavy (non-hydrogen) atoms. The molecule has 0 saturated heterocycles. The van der Waals surface area contributed by atoms with Crippen LogP contribution in [-0.4, -0.2) is 35.9 Å². The summed E-state index contributed by atoms with van der Waals surface area (Å²) in [5.41, 5.74) is 0. The van der Waals surface area contributed by atoms with Crippen molar-refractivity contribution in [3.05, 3.63) is 34.2 Å². The van der Waals surface area contributed by atoms with Crippen LogP contribution < -0.4 is 0 Å². The van der Waals surface area contributed by atoms with Crippen molar-refractivity contribution < 1.29 is 14.7 Å². The topological polar surface area (TPSA) is 57.6 Å². The van der Waals surface area contributed by atoms with Crippen LogP contribution in [0.15, 0.2) is 24.4 Å². The second-order valence-corrected chi connectivity index (χ2v) is 4.20. The third kappa shape index (κ3) is 3.21. The van der Waals surface area contributed by atoms with Gasteiger partial charge in [0.25, 0.3) is 0 Å². The van der Waals surface area contributed by atoms with Gasteiger partial charge in [-0.25, -0.2) is 4.79 Å². The second-order valence-electron chi connectivity index (χ2n) is 3.11. The molecule has 0 atom stereocenters. The van der Waals surface area contributed by atoms with E-state index >= 15 is 0 Å². The van der Waals surface area contributed by atoms with Gasteiger partial charge < -0.3 is 10.0 Å². The Balaban J connectivity index is 2.79. The van der Waals surface area contributed by atoms with E-state index in [1.807, 2.05) is 0 Å². The van der Waals surface area contributed by atoms with Crippen molar-refractivity contribution in [2.24, 2.45) is 0 Å². The Labute approximate surface area is 91.4 Å². The minimum atomic E-state index is -1.00. The van der Waals surface area contributed by atoms with E-state index in [1.54, 1.807) is 25.2 Å². The number of carbonyl (C=O) groups excluding carboxylic acids is 1. The van der Waals surface area contributed by atoms with Gasteiger partial charge in [0, 0.05) is 26.4 Å². The summed E-state index contributed by atoms with van der Waals surface area (Å²) in [5, 5.41) is 8.67. The Morgan fingerprint density at radius 1 is 1.33 bits per heavy atom. The summed E-state index contributed by atoms with van der Waals surface area (Å²) in [6.45, 7) is 0. The number of hydrogen-bond donors (Lipinski definition) is 1. The van der Waals surface area contributed by atoms with Gasteiger partial charge >= 0.3 is 5.97 Å². The molecule has 0 fully saturated rings. The number of allylic oxidation sites excluding steroid dienone is 1. The lowest BCUT2D eigenvalue weighted by atomic mass is 10.3. The van der Waals surface area contributed by atoms with Crippen LogP contribution in [0.25, 0.3) is 0 Å². The summed E-state index contributed by atoms with van der Waals surface area (Å²) in [6.07, 6.45) is 3.04. The molecule has 0 unspecified atom stereocenters. The molecule has 0 aliphatic heterocycles. The molecular formula is C10H11NO3S. The van der Waals surface area contributed by atoms with E-state index in [-0.39, 0.29) is 10.7 Å². The predicted octanol–water partition coefficient (Wildman–Crippen LogP) is 1.70. The highest BCUT2D eigenvalue weighted by molar-refractivity contribution is 7.16. The van der Waals surface area contributed by atoms with Crippen molar-refractivity contribution >= 4 is 23.1 Å². The number of rotatable bonds is 4. The highest BCUT2D eigenvalue weighted by atomic mass is 32.1. The van der Waals surface area contributed by atoms with Crippen LogP contribution in [-0.2, 0) is 0 Å². The molecule has 1 N–H and O–H groups in total. The van der Waals surface area contributed by atoms with Crippen LogP contribution in [0.1, 0.15) is 19.3 Å². The lowest BCUT2D eigenvalue weighted by Gasteiger charge is -2.01. The number of hydrogen-bond acceptors (Lipinski definition) is 4. The molecule has 4 nitrogen and oxygen atoms in total. The number of carboxylic acids is 1. The predicted molar refractivity (Wildman–Crippen MR) is 58.4 cm³/mol. The van der Waals surface area contributed by atoms with Crippen molar-refractivity contribution in [2.75, 3.05) is 14.1 Å². The number of carboxylic acid groups (broad SMARTS) is 1. The number of thiophene rings is 1. The summed E-state index contributed by atoms with van der Waals surface area (Å²) in [7, 11) is 3.61. The normalized spacial score (nSPS) is 10.5. The Morgan fingerprint density at radius 2 is 1.93 bits per heavy atom. The van der Waals surface area contributed by atoms with Gasteiger partial charge in [0.2, 0.25) is 0 Å². The Bertz CT molecular complexity index is 407. The lowest BCUT2D eigenvalue weighted by Crippen LogP contribution is -2.02. The van der Waals surface area contributed by atoms with Gasteiger partial charge in [-0.3, -0.25) is 4.79 Å². The van der Waals surface area contributed by atoms with E-state index in [0.29, 0.717) is 4.88 Å². The van der Waals surface area contributed by atoms with Crippen LogP contribution in [0.3, 0.4) is 0 Å². The molecule has 0 aromatic carbocycles. The second kappa shape index (κ2) is 4.75. The van der Waals surface area contributed by atoms with Crippen LogP contribution in [0.5, 0.6) is 0 Å². The van der Waals surface area contributed by atoms with E-state index in [1.165, 1.54) is 18.2 Å². The van der Waals surface area contributed by atoms with Gasteiger partial charge in [0.15, 0.2) is 5.78 Å². The first kappa shape index (κ1) is 11.5. The number of ketones is 1. The minimum absolute atomic E-state index is 0.177. The average Bonchev–Trinajstić information content (AvgIpc) is 2.62. The minimum Gasteiger partial charge on any atom is -0.477 e. The van der Waals surface area contributed by atoms with Crippen molar-refractivity contribution in [3.63, 3.8) is 0 Å². The molecule has 0 radical (unpaired) electrons. The van der Waals surface area contributed by atoms with Gasteiger partial charge in [-0.05, 0) is 12.1 Å². The van der Waals surface area contributed by atoms with Crippen molar-refractivity contribution in [2.45, 2.75) is 0 Å². The Kier molecular flexibility index (Phi) is 3.62. The fourth-order valence-corrected chi connectivity index (χ4v) is 1.65. The SMILES string of the molecule is CN(C)C=CC(=O)c1ccc(C(=O)O)s1. The van der Waals surface area contributed by atoms with Crippen LogP contribution in [0.2, 0.25) is 0 Å². The first-order chi connectivity index (χ1) is 7.00. The molecule has 1 aromatic rings. The highest BCUT2D eigenvalue weighted by Crippen LogP contribution is 2.17. The molecule has 0 bridgehead atoms.